The second kappa shape index (κ2) is 6.64. The van der Waals surface area contributed by atoms with Crippen molar-refractivity contribution in [2.45, 2.75) is 0 Å². The fourth-order valence-corrected chi connectivity index (χ4v) is 4.34. The molecule has 3 aromatic carbocycles. The average molecular weight is 347 g/mol. The molecule has 0 unspecified atom stereocenters. The largest absolute Gasteiger partial charge is 0.135 e. The van der Waals surface area contributed by atoms with Gasteiger partial charge in [-0.15, -0.1) is 11.3 Å². The Labute approximate surface area is 151 Å². The van der Waals surface area contributed by atoms with Gasteiger partial charge in [-0.3, -0.25) is 0 Å². The molecule has 4 aromatic rings. The third-order valence-corrected chi connectivity index (χ3v) is 5.54. The van der Waals surface area contributed by atoms with Crippen LogP contribution in [-0.2, 0) is 0 Å². The van der Waals surface area contributed by atoms with E-state index in [1.807, 2.05) is 30.3 Å². The summed E-state index contributed by atoms with van der Waals surface area (Å²) in [6.45, 7) is 0. The van der Waals surface area contributed by atoms with Crippen LogP contribution in [0, 0.1) is 0 Å². The van der Waals surface area contributed by atoms with Gasteiger partial charge in [0, 0.05) is 25.9 Å². The molecular formula is C22H15ClS. The molecule has 0 radical (unpaired) electrons. The maximum absolute atomic E-state index is 6.42. The van der Waals surface area contributed by atoms with Gasteiger partial charge in [-0.05, 0) is 23.3 Å². The lowest BCUT2D eigenvalue weighted by Gasteiger charge is -2.03. The third kappa shape index (κ3) is 2.89. The molecule has 0 bridgehead atoms. The minimum Gasteiger partial charge on any atom is -0.135 e. The molecule has 0 N–H and O–H groups in total. The van der Waals surface area contributed by atoms with Crippen molar-refractivity contribution in [1.29, 1.82) is 0 Å². The molecule has 0 amide bonds. The molecule has 0 nitrogen and oxygen atoms in total. The van der Waals surface area contributed by atoms with Crippen molar-refractivity contribution in [1.82, 2.24) is 0 Å². The fraction of sp³-hybridized carbons (Fsp3) is 0. The van der Waals surface area contributed by atoms with Crippen molar-refractivity contribution in [3.8, 4) is 32.0 Å². The van der Waals surface area contributed by atoms with Crippen molar-refractivity contribution in [3.05, 3.63) is 96.0 Å². The summed E-state index contributed by atoms with van der Waals surface area (Å²) in [5.74, 6) is 0. The summed E-state index contributed by atoms with van der Waals surface area (Å²) >= 11 is 8.21. The van der Waals surface area contributed by atoms with Crippen LogP contribution >= 0.6 is 22.9 Å². The number of hydrogen-bond acceptors (Lipinski definition) is 1. The minimum absolute atomic E-state index is 0.790. The average Bonchev–Trinajstić information content (AvgIpc) is 3.09. The van der Waals surface area contributed by atoms with Crippen LogP contribution in [0.1, 0.15) is 0 Å². The van der Waals surface area contributed by atoms with Crippen LogP contribution in [0.15, 0.2) is 91.0 Å². The Morgan fingerprint density at radius 1 is 0.583 bits per heavy atom. The smallest absolute Gasteiger partial charge is 0.0492 e. The molecular weight excluding hydrogens is 332 g/mol. The van der Waals surface area contributed by atoms with Gasteiger partial charge in [0.1, 0.15) is 0 Å². The molecule has 0 aliphatic carbocycles. The highest BCUT2D eigenvalue weighted by Gasteiger charge is 2.15. The second-order valence-corrected chi connectivity index (χ2v) is 7.02. The number of hydrogen-bond donors (Lipinski definition) is 0. The van der Waals surface area contributed by atoms with E-state index < -0.39 is 0 Å². The predicted molar refractivity (Wildman–Crippen MR) is 106 cm³/mol. The van der Waals surface area contributed by atoms with Crippen LogP contribution in [0.5, 0.6) is 0 Å². The zero-order chi connectivity index (χ0) is 16.4. The normalized spacial score (nSPS) is 10.7. The number of halogens is 1. The Hall–Kier alpha value is -2.35. The minimum atomic E-state index is 0.790. The summed E-state index contributed by atoms with van der Waals surface area (Å²) in [4.78, 5) is 2.47. The molecule has 116 valence electrons. The summed E-state index contributed by atoms with van der Waals surface area (Å²) in [7, 11) is 0. The van der Waals surface area contributed by atoms with Gasteiger partial charge in [-0.1, -0.05) is 90.5 Å². The summed E-state index contributed by atoms with van der Waals surface area (Å²) in [5.41, 5.74) is 4.80. The molecule has 0 fully saturated rings. The third-order valence-electron chi connectivity index (χ3n) is 3.99. The molecule has 0 aliphatic heterocycles. The number of thiophene rings is 1. The molecule has 0 saturated carbocycles. The molecule has 1 heterocycles. The van der Waals surface area contributed by atoms with E-state index in [0.717, 1.165) is 10.6 Å². The first kappa shape index (κ1) is 15.2. The topological polar surface area (TPSA) is 0 Å². The van der Waals surface area contributed by atoms with Crippen LogP contribution in [0.2, 0.25) is 5.02 Å². The zero-order valence-electron chi connectivity index (χ0n) is 12.9. The van der Waals surface area contributed by atoms with Crippen LogP contribution in [0.4, 0.5) is 0 Å². The Kier molecular flexibility index (Phi) is 4.20. The summed E-state index contributed by atoms with van der Waals surface area (Å²) in [6.07, 6.45) is 0. The van der Waals surface area contributed by atoms with Crippen molar-refractivity contribution in [2.75, 3.05) is 0 Å². The fourth-order valence-electron chi connectivity index (χ4n) is 2.82. The van der Waals surface area contributed by atoms with Gasteiger partial charge in [0.2, 0.25) is 0 Å². The van der Waals surface area contributed by atoms with Gasteiger partial charge in [0.15, 0.2) is 0 Å². The van der Waals surface area contributed by atoms with E-state index in [4.69, 9.17) is 11.6 Å². The standard InChI is InChI=1S/C22H15ClS/c23-20-14-8-7-13-18(20)21-15-19(16-9-3-1-4-10-16)22(24-21)17-11-5-2-6-12-17/h1-15H. The Morgan fingerprint density at radius 2 is 1.17 bits per heavy atom. The second-order valence-electron chi connectivity index (χ2n) is 5.57. The molecule has 2 heteroatoms. The van der Waals surface area contributed by atoms with E-state index >= 15 is 0 Å². The first-order chi connectivity index (χ1) is 11.8. The van der Waals surface area contributed by atoms with Crippen molar-refractivity contribution in [3.63, 3.8) is 0 Å². The zero-order valence-corrected chi connectivity index (χ0v) is 14.5. The van der Waals surface area contributed by atoms with Crippen LogP contribution in [0.3, 0.4) is 0 Å². The van der Waals surface area contributed by atoms with E-state index in [1.54, 1.807) is 11.3 Å². The maximum atomic E-state index is 6.42. The first-order valence-electron chi connectivity index (χ1n) is 7.82. The van der Waals surface area contributed by atoms with E-state index in [-0.39, 0.29) is 0 Å². The highest BCUT2D eigenvalue weighted by atomic mass is 35.5. The van der Waals surface area contributed by atoms with Gasteiger partial charge in [-0.2, -0.15) is 0 Å². The van der Waals surface area contributed by atoms with Crippen LogP contribution in [-0.4, -0.2) is 0 Å². The Bertz CT molecular complexity index is 899. The molecule has 0 spiro atoms. The highest BCUT2D eigenvalue weighted by molar-refractivity contribution is 7.19. The Balaban J connectivity index is 1.94. The maximum Gasteiger partial charge on any atom is 0.0492 e. The van der Waals surface area contributed by atoms with Crippen LogP contribution < -0.4 is 0 Å². The highest BCUT2D eigenvalue weighted by Crippen LogP contribution is 2.44. The summed E-state index contributed by atoms with van der Waals surface area (Å²) in [6, 6.07) is 31.3. The summed E-state index contributed by atoms with van der Waals surface area (Å²) in [5, 5.41) is 0.790. The SMILES string of the molecule is Clc1ccccc1-c1cc(-c2ccccc2)c(-c2ccccc2)s1. The first-order valence-corrected chi connectivity index (χ1v) is 9.02. The molecule has 24 heavy (non-hydrogen) atoms. The van der Waals surface area contributed by atoms with Gasteiger partial charge in [-0.25, -0.2) is 0 Å². The number of rotatable bonds is 3. The quantitative estimate of drug-likeness (QED) is 0.362. The molecule has 1 aromatic heterocycles. The molecule has 4 rings (SSSR count). The van der Waals surface area contributed by atoms with Gasteiger partial charge < -0.3 is 0 Å². The lowest BCUT2D eigenvalue weighted by atomic mass is 10.0. The van der Waals surface area contributed by atoms with E-state index in [2.05, 4.69) is 60.7 Å². The van der Waals surface area contributed by atoms with Gasteiger partial charge >= 0.3 is 0 Å². The molecule has 0 saturated heterocycles. The number of benzene rings is 3. The summed E-state index contributed by atoms with van der Waals surface area (Å²) < 4.78 is 0. The van der Waals surface area contributed by atoms with E-state index in [0.29, 0.717) is 0 Å². The Morgan fingerprint density at radius 3 is 1.83 bits per heavy atom. The monoisotopic (exact) mass is 346 g/mol. The predicted octanol–water partition coefficient (Wildman–Crippen LogP) is 7.40. The van der Waals surface area contributed by atoms with Gasteiger partial charge in [0.25, 0.3) is 0 Å². The van der Waals surface area contributed by atoms with Crippen molar-refractivity contribution >= 4 is 22.9 Å². The van der Waals surface area contributed by atoms with Crippen LogP contribution in [0.25, 0.3) is 32.0 Å². The lowest BCUT2D eigenvalue weighted by molar-refractivity contribution is 1.64. The van der Waals surface area contributed by atoms with E-state index in [1.165, 1.54) is 26.4 Å². The van der Waals surface area contributed by atoms with E-state index in [9.17, 15) is 0 Å². The van der Waals surface area contributed by atoms with Gasteiger partial charge in [0.05, 0.1) is 0 Å². The van der Waals surface area contributed by atoms with Crippen molar-refractivity contribution < 1.29 is 0 Å². The molecule has 0 aliphatic rings. The lowest BCUT2D eigenvalue weighted by Crippen LogP contribution is -1.78. The molecule has 0 atom stereocenters. The van der Waals surface area contributed by atoms with Crippen molar-refractivity contribution in [2.24, 2.45) is 0 Å².